The monoisotopic (exact) mass is 166 g/mol. The smallest absolute Gasteiger partial charge is 0.290 e. The maximum absolute atomic E-state index is 10.3. The second-order valence-corrected chi connectivity index (χ2v) is 2.22. The van der Waals surface area contributed by atoms with Crippen molar-refractivity contribution in [1.29, 1.82) is 0 Å². The summed E-state index contributed by atoms with van der Waals surface area (Å²) in [6.07, 6.45) is 0.552. The lowest BCUT2D eigenvalue weighted by molar-refractivity contribution is -0.385. The van der Waals surface area contributed by atoms with Crippen LogP contribution in [0, 0.1) is 17.0 Å². The Hall–Kier alpha value is -1.78. The van der Waals surface area contributed by atoms with Gasteiger partial charge in [0.05, 0.1) is 4.92 Å². The van der Waals surface area contributed by atoms with Crippen LogP contribution in [0.5, 0.6) is 0 Å². The Morgan fingerprint density at radius 3 is 2.67 bits per heavy atom. The largest absolute Gasteiger partial charge is 0.296 e. The summed E-state index contributed by atoms with van der Waals surface area (Å²) >= 11 is 0. The number of aldehydes is 1. The number of rotatable bonds is 2. The van der Waals surface area contributed by atoms with Crippen molar-refractivity contribution >= 4 is 12.0 Å². The van der Waals surface area contributed by atoms with Crippen molar-refractivity contribution in [2.75, 3.05) is 0 Å². The Morgan fingerprint density at radius 2 is 2.25 bits per heavy atom. The van der Waals surface area contributed by atoms with Gasteiger partial charge in [-0.15, -0.1) is 0 Å². The number of nitro groups is 1. The Kier molecular flexibility index (Phi) is 2.14. The van der Waals surface area contributed by atoms with Gasteiger partial charge < -0.3 is 0 Å². The van der Waals surface area contributed by atoms with Gasteiger partial charge in [0.15, 0.2) is 6.29 Å². The van der Waals surface area contributed by atoms with Crippen molar-refractivity contribution < 1.29 is 9.72 Å². The molecule has 5 heteroatoms. The third kappa shape index (κ3) is 1.45. The number of hydrogen-bond acceptors (Lipinski definition) is 4. The van der Waals surface area contributed by atoms with Crippen LogP contribution in [-0.2, 0) is 0 Å². The van der Waals surface area contributed by atoms with E-state index in [1.54, 1.807) is 0 Å². The lowest BCUT2D eigenvalue weighted by Crippen LogP contribution is -1.96. The van der Waals surface area contributed by atoms with Crippen LogP contribution in [0.25, 0.3) is 0 Å². The first-order valence-electron chi connectivity index (χ1n) is 3.22. The molecule has 0 amide bonds. The Bertz CT molecular complexity index is 335. The predicted molar refractivity (Wildman–Crippen MR) is 41.0 cm³/mol. The zero-order valence-electron chi connectivity index (χ0n) is 6.35. The highest BCUT2D eigenvalue weighted by molar-refractivity contribution is 5.72. The third-order valence-electron chi connectivity index (χ3n) is 1.40. The van der Waals surface area contributed by atoms with E-state index in [1.165, 1.54) is 19.1 Å². The van der Waals surface area contributed by atoms with Crippen LogP contribution in [0.1, 0.15) is 16.2 Å². The highest BCUT2D eigenvalue weighted by atomic mass is 16.6. The number of nitrogens with zero attached hydrogens (tertiary/aromatic N) is 2. The molecule has 1 aromatic rings. The normalized spacial score (nSPS) is 9.42. The molecule has 62 valence electrons. The zero-order valence-corrected chi connectivity index (χ0v) is 6.35. The van der Waals surface area contributed by atoms with Crippen LogP contribution < -0.4 is 0 Å². The first-order valence-corrected chi connectivity index (χ1v) is 3.22. The number of pyridine rings is 1. The highest BCUT2D eigenvalue weighted by Gasteiger charge is 2.10. The molecule has 12 heavy (non-hydrogen) atoms. The summed E-state index contributed by atoms with van der Waals surface area (Å²) < 4.78 is 0. The van der Waals surface area contributed by atoms with Gasteiger partial charge in [0.1, 0.15) is 11.4 Å². The Labute approximate surface area is 68.2 Å². The van der Waals surface area contributed by atoms with Gasteiger partial charge in [-0.1, -0.05) is 0 Å². The Morgan fingerprint density at radius 1 is 1.58 bits per heavy atom. The number of carbonyl (C=O) groups is 1. The second kappa shape index (κ2) is 3.08. The van der Waals surface area contributed by atoms with E-state index in [2.05, 4.69) is 4.98 Å². The molecule has 0 N–H and O–H groups in total. The molecule has 0 aromatic carbocycles. The molecule has 1 rings (SSSR count). The molecule has 0 atom stereocenters. The van der Waals surface area contributed by atoms with E-state index < -0.39 is 4.92 Å². The van der Waals surface area contributed by atoms with Crippen molar-refractivity contribution in [2.24, 2.45) is 0 Å². The van der Waals surface area contributed by atoms with E-state index in [0.29, 0.717) is 6.29 Å². The first-order chi connectivity index (χ1) is 5.65. The van der Waals surface area contributed by atoms with Gasteiger partial charge in [-0.25, -0.2) is 4.98 Å². The number of aryl methyl sites for hydroxylation is 1. The molecule has 0 bridgehead atoms. The molecular formula is C7H6N2O3. The molecule has 5 nitrogen and oxygen atoms in total. The number of aromatic nitrogens is 1. The molecule has 0 aliphatic rings. The van der Waals surface area contributed by atoms with Gasteiger partial charge in [0.25, 0.3) is 5.69 Å². The summed E-state index contributed by atoms with van der Waals surface area (Å²) in [5, 5.41) is 10.3. The summed E-state index contributed by atoms with van der Waals surface area (Å²) in [5.74, 6) is 0. The SMILES string of the molecule is Cc1nc(C=O)ccc1[N+](=O)[O-]. The van der Waals surface area contributed by atoms with E-state index >= 15 is 0 Å². The molecule has 0 spiro atoms. The van der Waals surface area contributed by atoms with E-state index in [0.717, 1.165) is 0 Å². The molecule has 0 saturated heterocycles. The van der Waals surface area contributed by atoms with E-state index in [1.807, 2.05) is 0 Å². The fourth-order valence-corrected chi connectivity index (χ4v) is 0.832. The van der Waals surface area contributed by atoms with Crippen molar-refractivity contribution in [2.45, 2.75) is 6.92 Å². The van der Waals surface area contributed by atoms with E-state index in [-0.39, 0.29) is 17.1 Å². The predicted octanol–water partition coefficient (Wildman–Crippen LogP) is 1.11. The average molecular weight is 166 g/mol. The minimum Gasteiger partial charge on any atom is -0.296 e. The molecular weight excluding hydrogens is 160 g/mol. The van der Waals surface area contributed by atoms with E-state index in [4.69, 9.17) is 0 Å². The van der Waals surface area contributed by atoms with Gasteiger partial charge in [-0.2, -0.15) is 0 Å². The molecule has 1 heterocycles. The van der Waals surface area contributed by atoms with Crippen LogP contribution in [-0.4, -0.2) is 16.2 Å². The van der Waals surface area contributed by atoms with Crippen molar-refractivity contribution in [3.8, 4) is 0 Å². The molecule has 0 unspecified atom stereocenters. The van der Waals surface area contributed by atoms with Crippen molar-refractivity contribution in [3.63, 3.8) is 0 Å². The molecule has 0 aliphatic carbocycles. The first kappa shape index (κ1) is 8.32. The Balaban J connectivity index is 3.20. The van der Waals surface area contributed by atoms with Crippen LogP contribution in [0.3, 0.4) is 0 Å². The minimum atomic E-state index is -0.531. The van der Waals surface area contributed by atoms with Crippen molar-refractivity contribution in [1.82, 2.24) is 4.98 Å². The van der Waals surface area contributed by atoms with Gasteiger partial charge in [0.2, 0.25) is 0 Å². The van der Waals surface area contributed by atoms with Crippen LogP contribution >= 0.6 is 0 Å². The zero-order chi connectivity index (χ0) is 9.14. The topological polar surface area (TPSA) is 73.1 Å². The number of hydrogen-bond donors (Lipinski definition) is 0. The van der Waals surface area contributed by atoms with Gasteiger partial charge in [-0.3, -0.25) is 14.9 Å². The second-order valence-electron chi connectivity index (χ2n) is 2.22. The molecule has 0 fully saturated rings. The van der Waals surface area contributed by atoms with Crippen molar-refractivity contribution in [3.05, 3.63) is 33.6 Å². The molecule has 0 saturated carbocycles. The lowest BCUT2D eigenvalue weighted by Gasteiger charge is -1.95. The maximum atomic E-state index is 10.3. The third-order valence-corrected chi connectivity index (χ3v) is 1.40. The standard InChI is InChI=1S/C7H6N2O3/c1-5-7(9(11)12)3-2-6(4-10)8-5/h2-4H,1H3. The van der Waals surface area contributed by atoms with Gasteiger partial charge in [0, 0.05) is 6.07 Å². The fourth-order valence-electron chi connectivity index (χ4n) is 0.832. The fraction of sp³-hybridized carbons (Fsp3) is 0.143. The average Bonchev–Trinajstić information content (AvgIpc) is 2.03. The minimum absolute atomic E-state index is 0.0689. The van der Waals surface area contributed by atoms with Crippen LogP contribution in [0.4, 0.5) is 5.69 Å². The quantitative estimate of drug-likeness (QED) is 0.374. The summed E-state index contributed by atoms with van der Waals surface area (Å²) in [4.78, 5) is 23.7. The summed E-state index contributed by atoms with van der Waals surface area (Å²) in [7, 11) is 0. The summed E-state index contributed by atoms with van der Waals surface area (Å²) in [6, 6.07) is 2.59. The van der Waals surface area contributed by atoms with Gasteiger partial charge in [-0.05, 0) is 13.0 Å². The van der Waals surface area contributed by atoms with Crippen LogP contribution in [0.15, 0.2) is 12.1 Å². The maximum Gasteiger partial charge on any atom is 0.290 e. The number of carbonyl (C=O) groups excluding carboxylic acids is 1. The molecule has 0 radical (unpaired) electrons. The van der Waals surface area contributed by atoms with Crippen LogP contribution in [0.2, 0.25) is 0 Å². The molecule has 0 aliphatic heterocycles. The molecule has 1 aromatic heterocycles. The lowest BCUT2D eigenvalue weighted by atomic mass is 10.3. The summed E-state index contributed by atoms with van der Waals surface area (Å²) in [6.45, 7) is 1.49. The highest BCUT2D eigenvalue weighted by Crippen LogP contribution is 2.14. The van der Waals surface area contributed by atoms with Gasteiger partial charge >= 0.3 is 0 Å². The summed E-state index contributed by atoms with van der Waals surface area (Å²) in [5.41, 5.74) is 0.392. The van der Waals surface area contributed by atoms with E-state index in [9.17, 15) is 14.9 Å².